The molecule has 2 aliphatic rings. The number of ether oxygens (including phenoxy) is 2. The molecule has 2 N–H and O–H groups in total. The van der Waals surface area contributed by atoms with Gasteiger partial charge < -0.3 is 14.8 Å². The van der Waals surface area contributed by atoms with E-state index in [1.165, 1.54) is 18.2 Å². The van der Waals surface area contributed by atoms with Crippen molar-refractivity contribution in [3.8, 4) is 0 Å². The lowest BCUT2D eigenvalue weighted by molar-refractivity contribution is -0.185. The van der Waals surface area contributed by atoms with Crippen LogP contribution in [0.15, 0.2) is 47.4 Å². The molecule has 1 saturated carbocycles. The third-order valence-electron chi connectivity index (χ3n) is 6.55. The molecule has 2 fully saturated rings. The number of amides is 1. The molecule has 1 aliphatic carbocycles. The van der Waals surface area contributed by atoms with Gasteiger partial charge in [-0.2, -0.15) is 5.10 Å². The molecule has 1 aromatic carbocycles. The smallest absolute Gasteiger partial charge is 0.275 e. The Kier molecular flexibility index (Phi) is 5.22. The number of fused-ring (bicyclic) bond motifs is 1. The zero-order valence-corrected chi connectivity index (χ0v) is 17.4. The van der Waals surface area contributed by atoms with Crippen molar-refractivity contribution in [2.75, 3.05) is 19.8 Å². The second-order valence-corrected chi connectivity index (χ2v) is 8.35. The van der Waals surface area contributed by atoms with Gasteiger partial charge >= 0.3 is 0 Å². The van der Waals surface area contributed by atoms with Gasteiger partial charge in [0, 0.05) is 36.7 Å². The summed E-state index contributed by atoms with van der Waals surface area (Å²) in [6.07, 6.45) is 4.52. The molecular formula is C23H23FN4O4. The first-order chi connectivity index (χ1) is 15.5. The normalized spacial score (nSPS) is 19.3. The molecule has 1 spiro atoms. The van der Waals surface area contributed by atoms with Crippen molar-refractivity contribution in [1.82, 2.24) is 20.5 Å². The molecule has 1 saturated heterocycles. The lowest BCUT2D eigenvalue weighted by Gasteiger charge is -2.43. The predicted octanol–water partition coefficient (Wildman–Crippen LogP) is 2.44. The van der Waals surface area contributed by atoms with Crippen LogP contribution in [0.5, 0.6) is 0 Å². The first-order valence-electron chi connectivity index (χ1n) is 10.7. The van der Waals surface area contributed by atoms with E-state index in [1.807, 2.05) is 18.2 Å². The van der Waals surface area contributed by atoms with Crippen molar-refractivity contribution in [2.45, 2.75) is 36.9 Å². The average molecular weight is 438 g/mol. The maximum atomic E-state index is 13.9. The Balaban J connectivity index is 1.39. The van der Waals surface area contributed by atoms with E-state index in [0.29, 0.717) is 38.9 Å². The van der Waals surface area contributed by atoms with E-state index in [2.05, 4.69) is 20.5 Å². The van der Waals surface area contributed by atoms with Gasteiger partial charge in [0.2, 0.25) is 5.43 Å². The quantitative estimate of drug-likeness (QED) is 0.648. The third kappa shape index (κ3) is 3.57. The number of benzene rings is 1. The van der Waals surface area contributed by atoms with Crippen molar-refractivity contribution in [3.05, 3.63) is 70.0 Å². The zero-order valence-electron chi connectivity index (χ0n) is 17.4. The first-order valence-corrected chi connectivity index (χ1v) is 10.7. The Labute approximate surface area is 183 Å². The Morgan fingerprint density at radius 1 is 1.09 bits per heavy atom. The van der Waals surface area contributed by atoms with Crippen molar-refractivity contribution in [1.29, 1.82) is 0 Å². The van der Waals surface area contributed by atoms with Gasteiger partial charge in [0.1, 0.15) is 11.3 Å². The number of halogens is 1. The molecule has 3 heterocycles. The van der Waals surface area contributed by atoms with E-state index in [-0.39, 0.29) is 23.1 Å². The van der Waals surface area contributed by atoms with Crippen LogP contribution in [-0.4, -0.2) is 46.6 Å². The van der Waals surface area contributed by atoms with Crippen LogP contribution in [0.4, 0.5) is 4.39 Å². The van der Waals surface area contributed by atoms with Gasteiger partial charge in [0.05, 0.1) is 18.6 Å². The molecule has 9 heteroatoms. The summed E-state index contributed by atoms with van der Waals surface area (Å²) in [5, 5.41) is 9.28. The first kappa shape index (κ1) is 20.7. The number of nitrogens with zero attached hydrogens (tertiary/aromatic N) is 2. The van der Waals surface area contributed by atoms with Crippen molar-refractivity contribution < 1.29 is 18.7 Å². The molecule has 0 atom stereocenters. The molecule has 5 rings (SSSR count). The monoisotopic (exact) mass is 438 g/mol. The number of H-pyrrole nitrogens is 1. The highest BCUT2D eigenvalue weighted by atomic mass is 19.1. The number of para-hydroxylation sites is 1. The lowest BCUT2D eigenvalue weighted by Crippen LogP contribution is -2.49. The fourth-order valence-corrected chi connectivity index (χ4v) is 4.70. The van der Waals surface area contributed by atoms with E-state index in [4.69, 9.17) is 9.47 Å². The van der Waals surface area contributed by atoms with E-state index in [1.54, 1.807) is 6.20 Å². The number of hydrogen-bond acceptors (Lipinski definition) is 6. The highest BCUT2D eigenvalue weighted by molar-refractivity contribution is 5.95. The van der Waals surface area contributed by atoms with E-state index in [9.17, 15) is 14.0 Å². The zero-order chi connectivity index (χ0) is 22.2. The summed E-state index contributed by atoms with van der Waals surface area (Å²) >= 11 is 0. The van der Waals surface area contributed by atoms with Gasteiger partial charge in [-0.1, -0.05) is 12.1 Å². The van der Waals surface area contributed by atoms with Crippen LogP contribution in [0.2, 0.25) is 0 Å². The van der Waals surface area contributed by atoms with Gasteiger partial charge in [0.15, 0.2) is 11.5 Å². The van der Waals surface area contributed by atoms with Gasteiger partial charge in [-0.25, -0.2) is 4.39 Å². The Morgan fingerprint density at radius 3 is 2.59 bits per heavy atom. The Morgan fingerprint density at radius 2 is 1.88 bits per heavy atom. The second-order valence-electron chi connectivity index (χ2n) is 8.35. The maximum absolute atomic E-state index is 13.9. The number of hydrogen-bond donors (Lipinski definition) is 2. The number of nitrogens with one attached hydrogen (secondary N) is 2. The van der Waals surface area contributed by atoms with Crippen LogP contribution in [0.1, 0.15) is 41.9 Å². The van der Waals surface area contributed by atoms with Crippen LogP contribution in [0.25, 0.3) is 10.9 Å². The Bertz CT molecular complexity index is 1200. The summed E-state index contributed by atoms with van der Waals surface area (Å²) in [5.74, 6) is -1.76. The van der Waals surface area contributed by atoms with Crippen LogP contribution in [0.3, 0.4) is 0 Å². The van der Waals surface area contributed by atoms with Crippen LogP contribution in [-0.2, 0) is 14.9 Å². The molecule has 1 amide bonds. The number of aromatic amines is 1. The van der Waals surface area contributed by atoms with Gasteiger partial charge in [-0.05, 0) is 37.1 Å². The van der Waals surface area contributed by atoms with E-state index < -0.39 is 28.4 Å². The molecule has 2 aromatic heterocycles. The Hall–Kier alpha value is -3.17. The minimum atomic E-state index is -0.613. The number of carbonyl (C=O) groups is 1. The minimum Gasteiger partial charge on any atom is -0.350 e. The fourth-order valence-electron chi connectivity index (χ4n) is 4.70. The van der Waals surface area contributed by atoms with E-state index in [0.717, 1.165) is 5.69 Å². The summed E-state index contributed by atoms with van der Waals surface area (Å²) in [7, 11) is 0. The largest absolute Gasteiger partial charge is 0.350 e. The molecule has 166 valence electrons. The van der Waals surface area contributed by atoms with Crippen LogP contribution < -0.4 is 10.7 Å². The summed E-state index contributed by atoms with van der Waals surface area (Å²) in [6.45, 7) is 1.45. The highest BCUT2D eigenvalue weighted by Gasteiger charge is 2.47. The summed E-state index contributed by atoms with van der Waals surface area (Å²) in [6, 6.07) is 9.83. The summed E-state index contributed by atoms with van der Waals surface area (Å²) < 4.78 is 25.6. The van der Waals surface area contributed by atoms with Crippen LogP contribution >= 0.6 is 0 Å². The maximum Gasteiger partial charge on any atom is 0.275 e. The van der Waals surface area contributed by atoms with Gasteiger partial charge in [-0.3, -0.25) is 19.7 Å². The fraction of sp³-hybridized carbons (Fsp3) is 0.391. The SMILES string of the molecule is O=C(NCC1(c2ccccn2)CCC2(CC1)OCCO2)c1n[nH]c2c(F)cccc2c1=O. The number of rotatable bonds is 4. The lowest BCUT2D eigenvalue weighted by atomic mass is 9.69. The third-order valence-corrected chi connectivity index (χ3v) is 6.55. The highest BCUT2D eigenvalue weighted by Crippen LogP contribution is 2.45. The predicted molar refractivity (Wildman–Crippen MR) is 114 cm³/mol. The molecule has 0 unspecified atom stereocenters. The molecule has 32 heavy (non-hydrogen) atoms. The minimum absolute atomic E-state index is 0.0202. The van der Waals surface area contributed by atoms with Crippen molar-refractivity contribution in [2.24, 2.45) is 0 Å². The average Bonchev–Trinajstić information content (AvgIpc) is 3.28. The molecular weight excluding hydrogens is 415 g/mol. The number of aromatic nitrogens is 3. The van der Waals surface area contributed by atoms with Crippen molar-refractivity contribution >= 4 is 16.8 Å². The van der Waals surface area contributed by atoms with Gasteiger partial charge in [0.25, 0.3) is 5.91 Å². The second kappa shape index (κ2) is 8.07. The molecule has 3 aromatic rings. The molecule has 8 nitrogen and oxygen atoms in total. The number of pyridine rings is 1. The van der Waals surface area contributed by atoms with Gasteiger partial charge in [-0.15, -0.1) is 0 Å². The summed E-state index contributed by atoms with van der Waals surface area (Å²) in [4.78, 5) is 30.2. The topological polar surface area (TPSA) is 106 Å². The summed E-state index contributed by atoms with van der Waals surface area (Å²) in [5.41, 5.74) is -0.483. The van der Waals surface area contributed by atoms with Crippen LogP contribution in [0, 0.1) is 5.82 Å². The molecule has 0 bridgehead atoms. The number of carbonyl (C=O) groups excluding carboxylic acids is 1. The molecule has 0 radical (unpaired) electrons. The van der Waals surface area contributed by atoms with E-state index >= 15 is 0 Å². The standard InChI is InChI=1S/C23H23FN4O4/c24-16-5-3-4-15-18(16)27-28-19(20(15)29)21(30)26-14-22(17-6-1-2-11-25-17)7-9-23(10-8-22)31-12-13-32-23/h1-6,11H,7-10,12-14H2,(H,26,30)(H,27,29). The molecule has 1 aliphatic heterocycles. The van der Waals surface area contributed by atoms with Crippen molar-refractivity contribution in [3.63, 3.8) is 0 Å².